The molecular weight excluding hydrogens is 599 g/mol. The predicted octanol–water partition coefficient (Wildman–Crippen LogP) is 13.7. The van der Waals surface area contributed by atoms with Crippen molar-refractivity contribution in [2.45, 2.75) is 0 Å². The molecule has 0 radical (unpaired) electrons. The van der Waals surface area contributed by atoms with Crippen molar-refractivity contribution < 1.29 is 0 Å². The highest BCUT2D eigenvalue weighted by atomic mass is 32.1. The van der Waals surface area contributed by atoms with E-state index in [1.807, 2.05) is 11.3 Å². The Hall–Kier alpha value is -5.96. The monoisotopic (exact) mass is 629 g/mol. The zero-order valence-electron chi connectivity index (χ0n) is 26.3. The van der Waals surface area contributed by atoms with Gasteiger partial charge in [0.1, 0.15) is 0 Å². The minimum Gasteiger partial charge on any atom is -0.310 e. The van der Waals surface area contributed by atoms with Crippen LogP contribution in [-0.2, 0) is 0 Å². The standard InChI is InChI=1S/C46H31NS/c1-3-11-32(12-4-1)34-19-21-36(22-20-34)41-17-9-10-18-44(41)47(39-25-23-35(24-26-39)33-13-5-2-6-14-33)40-27-28-45-43(31-40)42-29-37-15-7-8-16-38(37)30-46(42)48-45/h1-31H. The first-order valence-electron chi connectivity index (χ1n) is 16.3. The van der Waals surface area contributed by atoms with Gasteiger partial charge in [-0.2, -0.15) is 0 Å². The Balaban J connectivity index is 1.21. The second kappa shape index (κ2) is 12.0. The lowest BCUT2D eigenvalue weighted by Crippen LogP contribution is -2.11. The van der Waals surface area contributed by atoms with Gasteiger partial charge in [0.25, 0.3) is 0 Å². The van der Waals surface area contributed by atoms with Crippen molar-refractivity contribution >= 4 is 59.3 Å². The van der Waals surface area contributed by atoms with Crippen LogP contribution in [0, 0.1) is 0 Å². The van der Waals surface area contributed by atoms with E-state index in [2.05, 4.69) is 193 Å². The average Bonchev–Trinajstić information content (AvgIpc) is 3.52. The summed E-state index contributed by atoms with van der Waals surface area (Å²) >= 11 is 1.87. The van der Waals surface area contributed by atoms with Crippen molar-refractivity contribution in [3.63, 3.8) is 0 Å². The summed E-state index contributed by atoms with van der Waals surface area (Å²) in [6.45, 7) is 0. The molecule has 9 aromatic rings. The predicted molar refractivity (Wildman–Crippen MR) is 208 cm³/mol. The van der Waals surface area contributed by atoms with E-state index in [0.29, 0.717) is 0 Å². The van der Waals surface area contributed by atoms with Gasteiger partial charge in [0.05, 0.1) is 5.69 Å². The molecule has 2 heteroatoms. The minimum atomic E-state index is 1.12. The molecule has 0 saturated carbocycles. The molecular formula is C46H31NS. The molecule has 8 aromatic carbocycles. The maximum Gasteiger partial charge on any atom is 0.0540 e. The fourth-order valence-corrected chi connectivity index (χ4v) is 7.95. The summed E-state index contributed by atoms with van der Waals surface area (Å²) in [5, 5.41) is 5.14. The Kier molecular flexibility index (Phi) is 7.07. The first-order chi connectivity index (χ1) is 23.8. The molecule has 1 heterocycles. The lowest BCUT2D eigenvalue weighted by atomic mass is 9.98. The molecule has 0 spiro atoms. The van der Waals surface area contributed by atoms with Crippen LogP contribution in [0.3, 0.4) is 0 Å². The van der Waals surface area contributed by atoms with E-state index in [4.69, 9.17) is 0 Å². The first-order valence-corrected chi connectivity index (χ1v) is 17.2. The van der Waals surface area contributed by atoms with Gasteiger partial charge in [0.15, 0.2) is 0 Å². The van der Waals surface area contributed by atoms with Gasteiger partial charge in [0.2, 0.25) is 0 Å². The fraction of sp³-hybridized carbons (Fsp3) is 0. The Morgan fingerprint density at radius 1 is 0.333 bits per heavy atom. The van der Waals surface area contributed by atoms with Crippen LogP contribution in [0.2, 0.25) is 0 Å². The van der Waals surface area contributed by atoms with Crippen LogP contribution in [0.4, 0.5) is 17.1 Å². The third-order valence-electron chi connectivity index (χ3n) is 9.26. The maximum absolute atomic E-state index is 2.42. The summed E-state index contributed by atoms with van der Waals surface area (Å²) in [5.74, 6) is 0. The maximum atomic E-state index is 2.42. The first kappa shape index (κ1) is 28.3. The summed E-state index contributed by atoms with van der Waals surface area (Å²) in [6, 6.07) is 68.2. The number of hydrogen-bond acceptors (Lipinski definition) is 2. The fourth-order valence-electron chi connectivity index (χ4n) is 6.84. The van der Waals surface area contributed by atoms with E-state index in [-0.39, 0.29) is 0 Å². The molecule has 0 atom stereocenters. The molecule has 9 rings (SSSR count). The molecule has 226 valence electrons. The number of thiophene rings is 1. The highest BCUT2D eigenvalue weighted by Crippen LogP contribution is 2.44. The molecule has 0 bridgehead atoms. The number of para-hydroxylation sites is 1. The molecule has 0 unspecified atom stereocenters. The van der Waals surface area contributed by atoms with Crippen LogP contribution in [0.25, 0.3) is 64.3 Å². The number of hydrogen-bond donors (Lipinski definition) is 0. The van der Waals surface area contributed by atoms with E-state index in [0.717, 1.165) is 17.1 Å². The van der Waals surface area contributed by atoms with Crippen molar-refractivity contribution in [3.8, 4) is 33.4 Å². The van der Waals surface area contributed by atoms with E-state index < -0.39 is 0 Å². The number of anilines is 3. The molecule has 0 N–H and O–H groups in total. The van der Waals surface area contributed by atoms with Crippen molar-refractivity contribution in [2.24, 2.45) is 0 Å². The number of nitrogens with zero attached hydrogens (tertiary/aromatic N) is 1. The minimum absolute atomic E-state index is 1.12. The molecule has 0 fully saturated rings. The van der Waals surface area contributed by atoms with E-state index in [9.17, 15) is 0 Å². The summed E-state index contributed by atoms with van der Waals surface area (Å²) < 4.78 is 2.62. The lowest BCUT2D eigenvalue weighted by Gasteiger charge is -2.28. The van der Waals surface area contributed by atoms with Gasteiger partial charge in [-0.1, -0.05) is 140 Å². The van der Waals surface area contributed by atoms with Crippen LogP contribution in [0.15, 0.2) is 188 Å². The third-order valence-corrected chi connectivity index (χ3v) is 10.4. The molecule has 48 heavy (non-hydrogen) atoms. The molecule has 1 aromatic heterocycles. The van der Waals surface area contributed by atoms with Crippen LogP contribution >= 0.6 is 11.3 Å². The quantitative estimate of drug-likeness (QED) is 0.177. The molecule has 0 aliphatic rings. The van der Waals surface area contributed by atoms with Crippen LogP contribution in [-0.4, -0.2) is 0 Å². The third kappa shape index (κ3) is 5.13. The van der Waals surface area contributed by atoms with Crippen molar-refractivity contribution in [2.75, 3.05) is 4.90 Å². The molecule has 1 nitrogen and oxygen atoms in total. The summed E-state index contributed by atoms with van der Waals surface area (Å²) in [7, 11) is 0. The topological polar surface area (TPSA) is 3.24 Å². The van der Waals surface area contributed by atoms with Crippen molar-refractivity contribution in [1.29, 1.82) is 0 Å². The lowest BCUT2D eigenvalue weighted by molar-refractivity contribution is 1.29. The van der Waals surface area contributed by atoms with E-state index in [1.54, 1.807) is 0 Å². The van der Waals surface area contributed by atoms with Gasteiger partial charge in [-0.15, -0.1) is 11.3 Å². The second-order valence-corrected chi connectivity index (χ2v) is 13.3. The summed E-state index contributed by atoms with van der Waals surface area (Å²) in [4.78, 5) is 2.42. The highest BCUT2D eigenvalue weighted by Gasteiger charge is 2.19. The van der Waals surface area contributed by atoms with Gasteiger partial charge in [-0.3, -0.25) is 0 Å². The van der Waals surface area contributed by atoms with E-state index >= 15 is 0 Å². The Morgan fingerprint density at radius 3 is 1.52 bits per heavy atom. The summed E-state index contributed by atoms with van der Waals surface area (Å²) in [6.07, 6.45) is 0. The normalized spacial score (nSPS) is 11.3. The second-order valence-electron chi connectivity index (χ2n) is 12.2. The van der Waals surface area contributed by atoms with Crippen molar-refractivity contribution in [3.05, 3.63) is 188 Å². The molecule has 0 saturated heterocycles. The molecule has 0 aliphatic heterocycles. The zero-order chi connectivity index (χ0) is 31.9. The number of benzene rings is 8. The van der Waals surface area contributed by atoms with Gasteiger partial charge >= 0.3 is 0 Å². The Bertz CT molecular complexity index is 2530. The van der Waals surface area contributed by atoms with E-state index in [1.165, 1.54) is 64.3 Å². The van der Waals surface area contributed by atoms with Crippen LogP contribution in [0.1, 0.15) is 0 Å². The highest BCUT2D eigenvalue weighted by molar-refractivity contribution is 7.25. The smallest absolute Gasteiger partial charge is 0.0540 e. The van der Waals surface area contributed by atoms with Gasteiger partial charge in [-0.25, -0.2) is 0 Å². The van der Waals surface area contributed by atoms with Crippen LogP contribution < -0.4 is 4.90 Å². The van der Waals surface area contributed by atoms with Crippen LogP contribution in [0.5, 0.6) is 0 Å². The zero-order valence-corrected chi connectivity index (χ0v) is 27.1. The Morgan fingerprint density at radius 2 is 0.833 bits per heavy atom. The van der Waals surface area contributed by atoms with Gasteiger partial charge in [-0.05, 0) is 87.1 Å². The average molecular weight is 630 g/mol. The molecule has 0 aliphatic carbocycles. The Labute approximate surface area is 284 Å². The summed E-state index contributed by atoms with van der Waals surface area (Å²) in [5.41, 5.74) is 10.6. The van der Waals surface area contributed by atoms with Gasteiger partial charge < -0.3 is 4.90 Å². The largest absolute Gasteiger partial charge is 0.310 e. The number of rotatable bonds is 6. The number of fused-ring (bicyclic) bond motifs is 4. The SMILES string of the molecule is c1ccc(-c2ccc(-c3ccccc3N(c3ccc(-c4ccccc4)cc3)c3ccc4sc5cc6ccccc6cc5c4c3)cc2)cc1. The van der Waals surface area contributed by atoms with Crippen molar-refractivity contribution in [1.82, 2.24) is 0 Å². The molecule has 0 amide bonds. The van der Waals surface area contributed by atoms with Gasteiger partial charge in [0, 0.05) is 37.1 Å².